The van der Waals surface area contributed by atoms with Gasteiger partial charge in [-0.1, -0.05) is 0 Å². The zero-order chi connectivity index (χ0) is 9.19. The highest BCUT2D eigenvalue weighted by Gasteiger charge is 2.08. The minimum Gasteiger partial charge on any atom is -0.269 e. The Balaban J connectivity index is 2.92. The molecule has 1 aromatic heterocycles. The smallest absolute Gasteiger partial charge is 0.178 e. The molecule has 12 heavy (non-hydrogen) atoms. The first kappa shape index (κ1) is 9.18. The van der Waals surface area contributed by atoms with E-state index in [9.17, 15) is 12.8 Å². The fourth-order valence-corrected chi connectivity index (χ4v) is 1.30. The highest BCUT2D eigenvalue weighted by molar-refractivity contribution is 7.90. The summed E-state index contributed by atoms with van der Waals surface area (Å²) in [6.07, 6.45) is 3.61. The molecular weight excluding hydrogens is 183 g/mol. The molecule has 0 amide bonds. The van der Waals surface area contributed by atoms with Crippen LogP contribution in [0.4, 0.5) is 4.39 Å². The number of hydrogen-bond acceptors (Lipinski definition) is 3. The van der Waals surface area contributed by atoms with E-state index < -0.39 is 16.5 Å². The van der Waals surface area contributed by atoms with E-state index >= 15 is 0 Å². The Labute approximate surface area is 69.9 Å². The number of alkyl halides is 1. The number of aryl methyl sites for hydroxylation is 1. The van der Waals surface area contributed by atoms with Gasteiger partial charge in [0.15, 0.2) is 9.84 Å². The molecule has 6 heteroatoms. The van der Waals surface area contributed by atoms with Gasteiger partial charge in [-0.3, -0.25) is 4.68 Å². The minimum absolute atomic E-state index is 0.0928. The zero-order valence-corrected chi connectivity index (χ0v) is 7.38. The normalized spacial score (nSPS) is 11.8. The third-order valence-corrected chi connectivity index (χ3v) is 2.42. The van der Waals surface area contributed by atoms with Crippen molar-refractivity contribution < 1.29 is 12.8 Å². The van der Waals surface area contributed by atoms with E-state index in [1.807, 2.05) is 0 Å². The van der Waals surface area contributed by atoms with E-state index in [1.165, 1.54) is 17.1 Å². The van der Waals surface area contributed by atoms with Gasteiger partial charge in [0, 0.05) is 12.5 Å². The van der Waals surface area contributed by atoms with Gasteiger partial charge in [0.2, 0.25) is 0 Å². The minimum atomic E-state index is -3.21. The van der Waals surface area contributed by atoms with Crippen LogP contribution in [0.2, 0.25) is 0 Å². The van der Waals surface area contributed by atoms with Crippen molar-refractivity contribution in [1.82, 2.24) is 9.78 Å². The van der Waals surface area contributed by atoms with E-state index in [0.717, 1.165) is 6.26 Å². The van der Waals surface area contributed by atoms with Crippen LogP contribution in [-0.2, 0) is 16.4 Å². The highest BCUT2D eigenvalue weighted by Crippen LogP contribution is 2.05. The second kappa shape index (κ2) is 3.22. The first-order chi connectivity index (χ1) is 5.54. The van der Waals surface area contributed by atoms with Gasteiger partial charge in [0.25, 0.3) is 0 Å². The summed E-state index contributed by atoms with van der Waals surface area (Å²) in [6.45, 7) is -0.458. The number of aromatic nitrogens is 2. The third-order valence-electron chi connectivity index (χ3n) is 1.35. The van der Waals surface area contributed by atoms with Crippen LogP contribution in [0.1, 0.15) is 0 Å². The van der Waals surface area contributed by atoms with Crippen molar-refractivity contribution in [3.63, 3.8) is 0 Å². The molecule has 0 saturated carbocycles. The first-order valence-corrected chi connectivity index (χ1v) is 5.21. The molecule has 1 heterocycles. The Morgan fingerprint density at radius 3 is 2.75 bits per heavy atom. The second-order valence-corrected chi connectivity index (χ2v) is 4.42. The lowest BCUT2D eigenvalue weighted by atomic mass is 10.7. The van der Waals surface area contributed by atoms with Crippen LogP contribution in [0.25, 0.3) is 0 Å². The fraction of sp³-hybridized carbons (Fsp3) is 0.500. The summed E-state index contributed by atoms with van der Waals surface area (Å²) < 4.78 is 34.8. The molecule has 4 nitrogen and oxygen atoms in total. The molecule has 0 aliphatic rings. The average Bonchev–Trinajstić information content (AvgIpc) is 2.35. The van der Waals surface area contributed by atoms with Crippen molar-refractivity contribution in [3.8, 4) is 0 Å². The Kier molecular flexibility index (Phi) is 2.46. The molecule has 0 aromatic carbocycles. The molecule has 0 bridgehead atoms. The largest absolute Gasteiger partial charge is 0.269 e. The fourth-order valence-electron chi connectivity index (χ4n) is 0.745. The molecule has 0 aliphatic heterocycles. The molecule has 0 saturated heterocycles. The Morgan fingerprint density at radius 1 is 1.67 bits per heavy atom. The second-order valence-electron chi connectivity index (χ2n) is 2.40. The topological polar surface area (TPSA) is 52.0 Å². The lowest BCUT2D eigenvalue weighted by Crippen LogP contribution is -1.99. The summed E-state index contributed by atoms with van der Waals surface area (Å²) in [6, 6.07) is 0. The van der Waals surface area contributed by atoms with E-state index in [-0.39, 0.29) is 11.4 Å². The lowest BCUT2D eigenvalue weighted by Gasteiger charge is -1.92. The van der Waals surface area contributed by atoms with E-state index in [1.54, 1.807) is 0 Å². The number of hydrogen-bond donors (Lipinski definition) is 0. The van der Waals surface area contributed by atoms with Crippen molar-refractivity contribution in [2.75, 3.05) is 12.9 Å². The van der Waals surface area contributed by atoms with E-state index in [0.29, 0.717) is 0 Å². The maximum atomic E-state index is 11.8. The molecule has 0 N–H and O–H groups in total. The molecule has 0 radical (unpaired) electrons. The average molecular weight is 192 g/mol. The Hall–Kier alpha value is -0.910. The predicted octanol–water partition coefficient (Wildman–Crippen LogP) is 0.256. The van der Waals surface area contributed by atoms with Gasteiger partial charge in [-0.2, -0.15) is 5.10 Å². The summed E-state index contributed by atoms with van der Waals surface area (Å²) in [5.74, 6) is 0. The van der Waals surface area contributed by atoms with Crippen molar-refractivity contribution in [1.29, 1.82) is 0 Å². The maximum absolute atomic E-state index is 11.8. The van der Waals surface area contributed by atoms with Crippen LogP contribution in [-0.4, -0.2) is 31.1 Å². The summed E-state index contributed by atoms with van der Waals surface area (Å²) in [5.41, 5.74) is 0. The molecule has 68 valence electrons. The van der Waals surface area contributed by atoms with Crippen molar-refractivity contribution >= 4 is 9.84 Å². The zero-order valence-electron chi connectivity index (χ0n) is 6.57. The van der Waals surface area contributed by atoms with Crippen molar-refractivity contribution in [3.05, 3.63) is 12.4 Å². The number of sulfone groups is 1. The summed E-state index contributed by atoms with van der Waals surface area (Å²) in [7, 11) is -3.21. The van der Waals surface area contributed by atoms with Gasteiger partial charge in [-0.05, 0) is 0 Å². The van der Waals surface area contributed by atoms with Gasteiger partial charge < -0.3 is 0 Å². The predicted molar refractivity (Wildman–Crippen MR) is 41.3 cm³/mol. The number of nitrogens with zero attached hydrogens (tertiary/aromatic N) is 2. The van der Waals surface area contributed by atoms with E-state index in [2.05, 4.69) is 5.10 Å². The molecule has 0 aliphatic carbocycles. The quantitative estimate of drug-likeness (QED) is 0.690. The first-order valence-electron chi connectivity index (χ1n) is 3.32. The Morgan fingerprint density at radius 2 is 2.33 bits per heavy atom. The van der Waals surface area contributed by atoms with Gasteiger partial charge in [-0.15, -0.1) is 0 Å². The lowest BCUT2D eigenvalue weighted by molar-refractivity contribution is 0.427. The van der Waals surface area contributed by atoms with Gasteiger partial charge in [-0.25, -0.2) is 12.8 Å². The van der Waals surface area contributed by atoms with Gasteiger partial charge >= 0.3 is 0 Å². The van der Waals surface area contributed by atoms with Crippen LogP contribution in [0.3, 0.4) is 0 Å². The molecule has 1 aromatic rings. The third kappa shape index (κ3) is 2.04. The monoisotopic (exact) mass is 192 g/mol. The molecule has 0 unspecified atom stereocenters. The Bertz CT molecular complexity index is 357. The van der Waals surface area contributed by atoms with Crippen LogP contribution in [0.5, 0.6) is 0 Å². The van der Waals surface area contributed by atoms with Crippen LogP contribution in [0.15, 0.2) is 17.3 Å². The molecule has 0 atom stereocenters. The SMILES string of the molecule is CS(=O)(=O)c1cnn(CCF)c1. The van der Waals surface area contributed by atoms with Crippen LogP contribution >= 0.6 is 0 Å². The number of rotatable bonds is 3. The number of halogens is 1. The van der Waals surface area contributed by atoms with Gasteiger partial charge in [0.05, 0.1) is 12.7 Å². The van der Waals surface area contributed by atoms with Crippen LogP contribution < -0.4 is 0 Å². The molecule has 1 rings (SSSR count). The van der Waals surface area contributed by atoms with Gasteiger partial charge in [0.1, 0.15) is 11.6 Å². The maximum Gasteiger partial charge on any atom is 0.178 e. The highest BCUT2D eigenvalue weighted by atomic mass is 32.2. The molecule has 0 fully saturated rings. The standard InChI is InChI=1S/C6H9FN2O2S/c1-12(10,11)6-4-8-9(5-6)3-2-7/h4-5H,2-3H2,1H3. The molecular formula is C6H9FN2O2S. The van der Waals surface area contributed by atoms with Crippen molar-refractivity contribution in [2.45, 2.75) is 11.4 Å². The summed E-state index contributed by atoms with van der Waals surface area (Å²) >= 11 is 0. The van der Waals surface area contributed by atoms with Crippen LogP contribution in [0, 0.1) is 0 Å². The summed E-state index contributed by atoms with van der Waals surface area (Å²) in [4.78, 5) is 0.121. The molecule has 0 spiro atoms. The van der Waals surface area contributed by atoms with E-state index in [4.69, 9.17) is 0 Å². The van der Waals surface area contributed by atoms with Crippen molar-refractivity contribution in [2.24, 2.45) is 0 Å². The summed E-state index contributed by atoms with van der Waals surface area (Å²) in [5, 5.41) is 3.67.